The van der Waals surface area contributed by atoms with Crippen LogP contribution in [-0.4, -0.2) is 46.0 Å². The van der Waals surface area contributed by atoms with Crippen molar-refractivity contribution in [3.63, 3.8) is 0 Å². The molecule has 25 heavy (non-hydrogen) atoms. The van der Waals surface area contributed by atoms with Crippen LogP contribution in [0.4, 0.5) is 5.69 Å². The Morgan fingerprint density at radius 2 is 2.04 bits per heavy atom. The smallest absolute Gasteiger partial charge is 0.326 e. The number of hydrogen-bond donors (Lipinski definition) is 1. The summed E-state index contributed by atoms with van der Waals surface area (Å²) >= 11 is 0. The second-order valence-electron chi connectivity index (χ2n) is 6.56. The number of methoxy groups -OCH3 is 1. The molecule has 0 spiro atoms. The maximum atomic E-state index is 13.0. The number of fused-ring (bicyclic) bond motifs is 1. The molecule has 0 bridgehead atoms. The number of hydrogen-bond acceptors (Lipinski definition) is 5. The lowest BCUT2D eigenvalue weighted by atomic mass is 9.84. The maximum Gasteiger partial charge on any atom is 0.326 e. The number of rotatable bonds is 4. The fourth-order valence-electron chi connectivity index (χ4n) is 4.09. The van der Waals surface area contributed by atoms with Crippen LogP contribution >= 0.6 is 0 Å². The lowest BCUT2D eigenvalue weighted by Gasteiger charge is -2.33. The predicted octanol–water partition coefficient (Wildman–Crippen LogP) is 2.46. The summed E-state index contributed by atoms with van der Waals surface area (Å²) < 4.78 is 4.95. The zero-order valence-electron chi connectivity index (χ0n) is 13.9. The molecule has 3 unspecified atom stereocenters. The first-order valence-corrected chi connectivity index (χ1v) is 8.32. The average Bonchev–Trinajstić information content (AvgIpc) is 3.00. The van der Waals surface area contributed by atoms with Crippen molar-refractivity contribution in [1.82, 2.24) is 4.90 Å². The van der Waals surface area contributed by atoms with Crippen LogP contribution in [0.2, 0.25) is 0 Å². The number of aliphatic carboxylic acids is 1. The molecule has 1 aliphatic carbocycles. The van der Waals surface area contributed by atoms with Crippen molar-refractivity contribution in [2.24, 2.45) is 5.92 Å². The van der Waals surface area contributed by atoms with Gasteiger partial charge in [-0.15, -0.1) is 0 Å². The number of amides is 1. The third kappa shape index (κ3) is 3.04. The molecular formula is C17H20N2O6. The van der Waals surface area contributed by atoms with E-state index in [1.54, 1.807) is 0 Å². The van der Waals surface area contributed by atoms with Gasteiger partial charge in [-0.2, -0.15) is 0 Å². The molecule has 1 aromatic rings. The van der Waals surface area contributed by atoms with Crippen LogP contribution in [-0.2, 0) is 4.79 Å². The molecule has 1 aliphatic heterocycles. The lowest BCUT2D eigenvalue weighted by molar-refractivity contribution is -0.385. The number of carboxylic acids is 1. The van der Waals surface area contributed by atoms with E-state index in [9.17, 15) is 24.8 Å². The molecule has 0 radical (unpaired) electrons. The van der Waals surface area contributed by atoms with E-state index in [1.807, 2.05) is 0 Å². The van der Waals surface area contributed by atoms with Crippen LogP contribution in [0.25, 0.3) is 0 Å². The van der Waals surface area contributed by atoms with Gasteiger partial charge in [0.05, 0.1) is 12.0 Å². The highest BCUT2D eigenvalue weighted by Crippen LogP contribution is 2.41. The van der Waals surface area contributed by atoms with Gasteiger partial charge in [-0.3, -0.25) is 14.9 Å². The van der Waals surface area contributed by atoms with E-state index in [0.717, 1.165) is 31.7 Å². The van der Waals surface area contributed by atoms with E-state index in [1.165, 1.54) is 24.1 Å². The first-order valence-electron chi connectivity index (χ1n) is 8.32. The van der Waals surface area contributed by atoms with Gasteiger partial charge in [0.25, 0.3) is 5.91 Å². The van der Waals surface area contributed by atoms with Crippen molar-refractivity contribution in [1.29, 1.82) is 0 Å². The van der Waals surface area contributed by atoms with Gasteiger partial charge in [0.2, 0.25) is 0 Å². The summed E-state index contributed by atoms with van der Waals surface area (Å²) in [5.74, 6) is -1.24. The van der Waals surface area contributed by atoms with Gasteiger partial charge in [-0.1, -0.05) is 12.8 Å². The van der Waals surface area contributed by atoms with Crippen molar-refractivity contribution >= 4 is 17.6 Å². The Morgan fingerprint density at radius 1 is 1.32 bits per heavy atom. The van der Waals surface area contributed by atoms with Crippen molar-refractivity contribution < 1.29 is 24.4 Å². The Balaban J connectivity index is 1.96. The summed E-state index contributed by atoms with van der Waals surface area (Å²) in [5, 5.41) is 20.7. The van der Waals surface area contributed by atoms with Gasteiger partial charge < -0.3 is 14.7 Å². The summed E-state index contributed by atoms with van der Waals surface area (Å²) in [4.78, 5) is 36.6. The number of benzene rings is 1. The maximum absolute atomic E-state index is 13.0. The molecule has 8 nitrogen and oxygen atoms in total. The quantitative estimate of drug-likeness (QED) is 0.661. The molecule has 1 amide bonds. The topological polar surface area (TPSA) is 110 Å². The Kier molecular flexibility index (Phi) is 4.61. The molecule has 2 aliphatic rings. The fraction of sp³-hybridized carbons (Fsp3) is 0.529. The molecule has 3 atom stereocenters. The standard InChI is InChI=1S/C17H20N2O6/c1-25-15-7-6-11(9-13(15)19(23)24)16(20)18-12-5-3-2-4-10(12)8-14(18)17(21)22/h6-7,9-10,12,14H,2-5,8H2,1H3,(H,21,22). The summed E-state index contributed by atoms with van der Waals surface area (Å²) in [7, 11) is 1.32. The van der Waals surface area contributed by atoms with E-state index >= 15 is 0 Å². The summed E-state index contributed by atoms with van der Waals surface area (Å²) in [5.41, 5.74) is -0.190. The highest BCUT2D eigenvalue weighted by atomic mass is 16.6. The molecular weight excluding hydrogens is 328 g/mol. The average molecular weight is 348 g/mol. The molecule has 8 heteroatoms. The lowest BCUT2D eigenvalue weighted by Crippen LogP contribution is -2.46. The number of likely N-dealkylation sites (tertiary alicyclic amines) is 1. The Labute approximate surface area is 144 Å². The van der Waals surface area contributed by atoms with Crippen LogP contribution < -0.4 is 4.74 Å². The van der Waals surface area contributed by atoms with Crippen LogP contribution in [0.15, 0.2) is 18.2 Å². The molecule has 1 heterocycles. The SMILES string of the molecule is COc1ccc(C(=O)N2C(C(=O)O)CC3CCCCC32)cc1[N+](=O)[O-]. The molecule has 1 saturated carbocycles. The molecule has 3 rings (SSSR count). The monoisotopic (exact) mass is 348 g/mol. The first-order chi connectivity index (χ1) is 11.9. The second-order valence-corrected chi connectivity index (χ2v) is 6.56. The number of ether oxygens (including phenoxy) is 1. The molecule has 2 fully saturated rings. The van der Waals surface area contributed by atoms with E-state index < -0.39 is 22.8 Å². The number of carbonyl (C=O) groups excluding carboxylic acids is 1. The predicted molar refractivity (Wildman–Crippen MR) is 87.6 cm³/mol. The van der Waals surface area contributed by atoms with Crippen LogP contribution in [0.1, 0.15) is 42.5 Å². The van der Waals surface area contributed by atoms with E-state index in [4.69, 9.17) is 4.74 Å². The second kappa shape index (κ2) is 6.70. The van der Waals surface area contributed by atoms with Gasteiger partial charge in [0.1, 0.15) is 6.04 Å². The fourth-order valence-corrected chi connectivity index (χ4v) is 4.09. The first kappa shape index (κ1) is 17.2. The van der Waals surface area contributed by atoms with Crippen molar-refractivity contribution in [2.75, 3.05) is 7.11 Å². The number of carbonyl (C=O) groups is 2. The van der Waals surface area contributed by atoms with Gasteiger partial charge >= 0.3 is 11.7 Å². The summed E-state index contributed by atoms with van der Waals surface area (Å²) in [6, 6.07) is 3.00. The van der Waals surface area contributed by atoms with E-state index in [-0.39, 0.29) is 29.0 Å². The minimum atomic E-state index is -1.02. The zero-order chi connectivity index (χ0) is 18.1. The Morgan fingerprint density at radius 3 is 2.68 bits per heavy atom. The number of nitrogens with zero attached hydrogens (tertiary/aromatic N) is 2. The number of carboxylic acid groups (broad SMARTS) is 1. The van der Waals surface area contributed by atoms with Gasteiger partial charge in [-0.05, 0) is 37.3 Å². The molecule has 134 valence electrons. The van der Waals surface area contributed by atoms with Crippen molar-refractivity contribution in [2.45, 2.75) is 44.2 Å². The Hall–Kier alpha value is -2.64. The van der Waals surface area contributed by atoms with Crippen LogP contribution in [0.3, 0.4) is 0 Å². The van der Waals surface area contributed by atoms with E-state index in [0.29, 0.717) is 6.42 Å². The van der Waals surface area contributed by atoms with Gasteiger partial charge in [-0.25, -0.2) is 4.79 Å². The van der Waals surface area contributed by atoms with Crippen molar-refractivity contribution in [3.8, 4) is 5.75 Å². The molecule has 1 saturated heterocycles. The van der Waals surface area contributed by atoms with Crippen LogP contribution in [0, 0.1) is 16.0 Å². The summed E-state index contributed by atoms with van der Waals surface area (Å²) in [6.07, 6.45) is 4.15. The molecule has 0 aromatic heterocycles. The third-order valence-electron chi connectivity index (χ3n) is 5.23. The highest BCUT2D eigenvalue weighted by molar-refractivity contribution is 5.98. The normalized spacial score (nSPS) is 25.3. The molecule has 1 aromatic carbocycles. The minimum Gasteiger partial charge on any atom is -0.490 e. The zero-order valence-corrected chi connectivity index (χ0v) is 13.9. The van der Waals surface area contributed by atoms with E-state index in [2.05, 4.69) is 0 Å². The number of nitro groups is 1. The Bertz CT molecular complexity index is 719. The largest absolute Gasteiger partial charge is 0.490 e. The van der Waals surface area contributed by atoms with Crippen LogP contribution in [0.5, 0.6) is 5.75 Å². The minimum absolute atomic E-state index is 0.0632. The summed E-state index contributed by atoms with van der Waals surface area (Å²) in [6.45, 7) is 0. The highest BCUT2D eigenvalue weighted by Gasteiger charge is 2.47. The molecule has 1 N–H and O–H groups in total. The van der Waals surface area contributed by atoms with Crippen molar-refractivity contribution in [3.05, 3.63) is 33.9 Å². The van der Waals surface area contributed by atoms with Gasteiger partial charge in [0.15, 0.2) is 5.75 Å². The third-order valence-corrected chi connectivity index (χ3v) is 5.23. The van der Waals surface area contributed by atoms with Gasteiger partial charge in [0, 0.05) is 17.7 Å². The number of nitro benzene ring substituents is 1.